The minimum Gasteiger partial charge on any atom is -0.381 e. The second kappa shape index (κ2) is 7.97. The number of guanidine groups is 1. The van der Waals surface area contributed by atoms with Crippen LogP contribution < -0.4 is 11.1 Å². The van der Waals surface area contributed by atoms with Gasteiger partial charge in [0, 0.05) is 31.8 Å². The SMILES string of the molecule is COC1CC2S(=O)N(C)C(N)=NC2(c2cc(NC(=O)c3ccc(F)cn3)ccc2F)C1. The number of amides is 1. The molecule has 164 valence electrons. The van der Waals surface area contributed by atoms with Crippen molar-refractivity contribution in [1.82, 2.24) is 9.29 Å². The number of pyridine rings is 1. The van der Waals surface area contributed by atoms with Gasteiger partial charge in [-0.25, -0.2) is 23.0 Å². The molecule has 0 radical (unpaired) electrons. The van der Waals surface area contributed by atoms with E-state index in [1.807, 2.05) is 0 Å². The minimum absolute atomic E-state index is 0.00582. The Balaban J connectivity index is 1.74. The zero-order valence-electron chi connectivity index (χ0n) is 16.8. The fraction of sp³-hybridized carbons (Fsp3) is 0.350. The number of methoxy groups -OCH3 is 1. The molecule has 4 unspecified atom stereocenters. The third kappa shape index (κ3) is 3.68. The first-order chi connectivity index (χ1) is 14.7. The van der Waals surface area contributed by atoms with E-state index in [2.05, 4.69) is 15.3 Å². The van der Waals surface area contributed by atoms with E-state index in [-0.39, 0.29) is 23.3 Å². The Morgan fingerprint density at radius 1 is 1.35 bits per heavy atom. The number of hydrogen-bond acceptors (Lipinski definition) is 6. The molecule has 3 N–H and O–H groups in total. The van der Waals surface area contributed by atoms with Gasteiger partial charge in [0.25, 0.3) is 5.91 Å². The van der Waals surface area contributed by atoms with Crippen molar-refractivity contribution in [2.24, 2.45) is 10.7 Å². The molecule has 1 aliphatic heterocycles. The van der Waals surface area contributed by atoms with Gasteiger partial charge in [-0.2, -0.15) is 0 Å². The predicted molar refractivity (Wildman–Crippen MR) is 112 cm³/mol. The van der Waals surface area contributed by atoms with Crippen molar-refractivity contribution in [3.8, 4) is 0 Å². The second-order valence-electron chi connectivity index (χ2n) is 7.46. The number of nitrogens with two attached hydrogens (primary N) is 1. The van der Waals surface area contributed by atoms with Crippen LogP contribution in [0.5, 0.6) is 0 Å². The van der Waals surface area contributed by atoms with E-state index in [1.54, 1.807) is 7.05 Å². The molecule has 0 bridgehead atoms. The number of hydrogen-bond donors (Lipinski definition) is 2. The van der Waals surface area contributed by atoms with Gasteiger partial charge in [0.1, 0.15) is 33.9 Å². The van der Waals surface area contributed by atoms with Gasteiger partial charge in [-0.05, 0) is 36.8 Å². The molecule has 1 aliphatic carbocycles. The lowest BCUT2D eigenvalue weighted by molar-refractivity contribution is 0.102. The van der Waals surface area contributed by atoms with E-state index in [0.29, 0.717) is 18.5 Å². The van der Waals surface area contributed by atoms with E-state index >= 15 is 4.39 Å². The molecule has 4 rings (SSSR count). The lowest BCUT2D eigenvalue weighted by Crippen LogP contribution is -2.52. The van der Waals surface area contributed by atoms with Crippen LogP contribution in [0.25, 0.3) is 0 Å². The second-order valence-corrected chi connectivity index (χ2v) is 9.13. The number of aromatic nitrogens is 1. The van der Waals surface area contributed by atoms with Gasteiger partial charge in [0.15, 0.2) is 0 Å². The van der Waals surface area contributed by atoms with Crippen molar-refractivity contribution in [2.75, 3.05) is 19.5 Å². The van der Waals surface area contributed by atoms with Gasteiger partial charge in [-0.15, -0.1) is 0 Å². The number of benzene rings is 1. The zero-order valence-corrected chi connectivity index (χ0v) is 17.7. The third-order valence-electron chi connectivity index (χ3n) is 5.68. The first-order valence-corrected chi connectivity index (χ1v) is 10.7. The molecule has 31 heavy (non-hydrogen) atoms. The fourth-order valence-electron chi connectivity index (χ4n) is 4.08. The molecule has 1 fully saturated rings. The highest BCUT2D eigenvalue weighted by Crippen LogP contribution is 2.49. The van der Waals surface area contributed by atoms with Crippen LogP contribution in [0, 0.1) is 11.6 Å². The lowest BCUT2D eigenvalue weighted by atomic mass is 9.87. The van der Waals surface area contributed by atoms with E-state index in [4.69, 9.17) is 10.5 Å². The standard InChI is InChI=1S/C20H21F2N5O3S/c1-27-19(23)26-20(9-13(30-2)8-17(20)31(27)29)14-7-12(4-5-15(14)22)25-18(28)16-6-3-11(21)10-24-16/h3-7,10,13,17H,8-9H2,1-2H3,(H2,23,26)(H,25,28). The highest BCUT2D eigenvalue weighted by atomic mass is 32.2. The van der Waals surface area contributed by atoms with Gasteiger partial charge < -0.3 is 15.8 Å². The summed E-state index contributed by atoms with van der Waals surface area (Å²) in [6, 6.07) is 6.43. The Bertz CT molecular complexity index is 1080. The van der Waals surface area contributed by atoms with Gasteiger partial charge in [0.2, 0.25) is 5.96 Å². The number of carbonyl (C=O) groups excluding carboxylic acids is 1. The minimum atomic E-state index is -1.54. The van der Waals surface area contributed by atoms with E-state index in [0.717, 1.165) is 12.3 Å². The van der Waals surface area contributed by atoms with Crippen LogP contribution in [0.1, 0.15) is 28.9 Å². The molecule has 1 amide bonds. The molecule has 1 saturated carbocycles. The Labute approximate surface area is 180 Å². The molecule has 8 nitrogen and oxygen atoms in total. The van der Waals surface area contributed by atoms with E-state index in [9.17, 15) is 13.4 Å². The maximum Gasteiger partial charge on any atom is 0.274 e. The van der Waals surface area contributed by atoms with Crippen molar-refractivity contribution < 1.29 is 22.5 Å². The molecule has 1 aromatic carbocycles. The van der Waals surface area contributed by atoms with E-state index < -0.39 is 39.3 Å². The molecular formula is C20H21F2N5O3S. The maximum absolute atomic E-state index is 15.0. The topological polar surface area (TPSA) is 110 Å². The zero-order chi connectivity index (χ0) is 22.3. The summed E-state index contributed by atoms with van der Waals surface area (Å²) in [5.74, 6) is -1.67. The summed E-state index contributed by atoms with van der Waals surface area (Å²) in [6.07, 6.45) is 1.36. The molecule has 0 spiro atoms. The van der Waals surface area contributed by atoms with Gasteiger partial charge >= 0.3 is 0 Å². The molecule has 4 atom stereocenters. The van der Waals surface area contributed by atoms with Crippen LogP contribution in [-0.4, -0.2) is 50.9 Å². The van der Waals surface area contributed by atoms with Crippen LogP contribution in [0.15, 0.2) is 41.5 Å². The monoisotopic (exact) mass is 449 g/mol. The predicted octanol–water partition coefficient (Wildman–Crippen LogP) is 1.91. The number of carbonyl (C=O) groups is 1. The van der Waals surface area contributed by atoms with Crippen LogP contribution in [0.3, 0.4) is 0 Å². The van der Waals surface area contributed by atoms with Crippen LogP contribution >= 0.6 is 0 Å². The number of fused-ring (bicyclic) bond motifs is 1. The first kappa shape index (κ1) is 21.3. The van der Waals surface area contributed by atoms with Crippen LogP contribution in [0.2, 0.25) is 0 Å². The molecule has 1 aromatic heterocycles. The van der Waals surface area contributed by atoms with Crippen molar-refractivity contribution in [3.05, 3.63) is 59.4 Å². The highest BCUT2D eigenvalue weighted by Gasteiger charge is 2.56. The largest absolute Gasteiger partial charge is 0.381 e. The number of ether oxygens (including phenoxy) is 1. The third-order valence-corrected chi connectivity index (χ3v) is 7.48. The molecule has 2 heterocycles. The summed E-state index contributed by atoms with van der Waals surface area (Å²) in [7, 11) is 1.57. The highest BCUT2D eigenvalue weighted by molar-refractivity contribution is 7.84. The summed E-state index contributed by atoms with van der Waals surface area (Å²) in [5, 5.41) is 2.08. The van der Waals surface area contributed by atoms with E-state index in [1.165, 1.54) is 35.7 Å². The van der Waals surface area contributed by atoms with Crippen molar-refractivity contribution >= 4 is 28.5 Å². The normalized spacial score (nSPS) is 27.5. The summed E-state index contributed by atoms with van der Waals surface area (Å²) in [6.45, 7) is 0. The van der Waals surface area contributed by atoms with Crippen LogP contribution in [0.4, 0.5) is 14.5 Å². The molecule has 2 aliphatic rings. The number of nitrogens with zero attached hydrogens (tertiary/aromatic N) is 3. The van der Waals surface area contributed by atoms with Crippen molar-refractivity contribution in [2.45, 2.75) is 29.7 Å². The maximum atomic E-state index is 15.0. The first-order valence-electron chi connectivity index (χ1n) is 9.50. The van der Waals surface area contributed by atoms with Crippen molar-refractivity contribution in [1.29, 1.82) is 0 Å². The average molecular weight is 449 g/mol. The summed E-state index contributed by atoms with van der Waals surface area (Å²) < 4.78 is 48.0. The molecular weight excluding hydrogens is 428 g/mol. The molecule has 0 saturated heterocycles. The Morgan fingerprint density at radius 2 is 2.13 bits per heavy atom. The van der Waals surface area contributed by atoms with Crippen molar-refractivity contribution in [3.63, 3.8) is 0 Å². The number of rotatable bonds is 4. The number of halogens is 2. The Morgan fingerprint density at radius 3 is 2.81 bits per heavy atom. The average Bonchev–Trinajstić information content (AvgIpc) is 3.13. The summed E-state index contributed by atoms with van der Waals surface area (Å²) in [4.78, 5) is 20.8. The summed E-state index contributed by atoms with van der Waals surface area (Å²) >= 11 is 0. The quantitative estimate of drug-likeness (QED) is 0.741. The molecule has 2 aromatic rings. The Kier molecular flexibility index (Phi) is 5.48. The van der Waals surface area contributed by atoms with Crippen LogP contribution in [-0.2, 0) is 21.3 Å². The Hall–Kier alpha value is -2.92. The van der Waals surface area contributed by atoms with Gasteiger partial charge in [0.05, 0.1) is 17.6 Å². The summed E-state index contributed by atoms with van der Waals surface area (Å²) in [5.41, 5.74) is 5.28. The number of nitrogens with one attached hydrogen (secondary N) is 1. The number of anilines is 1. The lowest BCUT2D eigenvalue weighted by Gasteiger charge is -2.39. The van der Waals surface area contributed by atoms with Gasteiger partial charge in [-0.1, -0.05) is 0 Å². The smallest absolute Gasteiger partial charge is 0.274 e. The fourth-order valence-corrected chi connectivity index (χ4v) is 5.68. The molecule has 11 heteroatoms. The number of aliphatic imine (C=N–C) groups is 1. The van der Waals surface area contributed by atoms with Gasteiger partial charge in [-0.3, -0.25) is 9.10 Å².